The zero-order valence-electron chi connectivity index (χ0n) is 60.4. The van der Waals surface area contributed by atoms with E-state index in [1.54, 1.807) is 0 Å². The Balaban J connectivity index is 0.000000141. The topological polar surface area (TPSA) is 110 Å². The van der Waals surface area contributed by atoms with Gasteiger partial charge in [0.1, 0.15) is 11.3 Å². The van der Waals surface area contributed by atoms with Crippen molar-refractivity contribution in [2.75, 3.05) is 0 Å². The first-order valence-electron chi connectivity index (χ1n) is 37.6. The summed E-state index contributed by atoms with van der Waals surface area (Å²) in [4.78, 5) is 35.2. The van der Waals surface area contributed by atoms with E-state index < -0.39 is 0 Å². The summed E-state index contributed by atoms with van der Waals surface area (Å²) in [5, 5.41) is 9.43. The van der Waals surface area contributed by atoms with Gasteiger partial charge in [-0.2, -0.15) is 0 Å². The Kier molecular flexibility index (Phi) is 15.9. The minimum atomic E-state index is 0.623. The molecule has 0 aliphatic rings. The number of rotatable bonds is 12. The Morgan fingerprint density at radius 2 is 0.420 bits per heavy atom. The van der Waals surface area contributed by atoms with Crippen LogP contribution in [0.1, 0.15) is 0 Å². The first kappa shape index (κ1) is 65.0. The van der Waals surface area contributed by atoms with Crippen molar-refractivity contribution >= 4 is 87.5 Å². The Labute approximate surface area is 644 Å². The molecule has 112 heavy (non-hydrogen) atoms. The molecule has 0 amide bonds. The van der Waals surface area contributed by atoms with Crippen LogP contribution < -0.4 is 0 Å². The van der Waals surface area contributed by atoms with Gasteiger partial charge in [0, 0.05) is 123 Å². The molecule has 0 unspecified atom stereocenters. The molecule has 14 aromatic carbocycles. The predicted octanol–water partition coefficient (Wildman–Crippen LogP) is 24.9. The summed E-state index contributed by atoms with van der Waals surface area (Å²) in [6, 6.07) is 133. The summed E-state index contributed by atoms with van der Waals surface area (Å²) in [5.41, 5.74) is 25.2. The molecule has 0 saturated carbocycles. The second-order valence-electron chi connectivity index (χ2n) is 28.1. The highest BCUT2D eigenvalue weighted by Crippen LogP contribution is 2.42. The highest BCUT2D eigenvalue weighted by atomic mass is 15.1. The fraction of sp³-hybridized carbons (Fsp3) is 0. The number of fused-ring (bicyclic) bond motifs is 12. The van der Waals surface area contributed by atoms with E-state index in [-0.39, 0.29) is 0 Å². The maximum absolute atomic E-state index is 5.17. The highest BCUT2D eigenvalue weighted by Gasteiger charge is 2.22. The first-order chi connectivity index (χ1) is 55.5. The Bertz CT molecular complexity index is 6770. The van der Waals surface area contributed by atoms with Crippen molar-refractivity contribution in [1.82, 2.24) is 53.2 Å². The number of hydrogen-bond donors (Lipinski definition) is 0. The van der Waals surface area contributed by atoms with Crippen LogP contribution in [0.3, 0.4) is 0 Å². The van der Waals surface area contributed by atoms with Crippen molar-refractivity contribution in [3.8, 4) is 113 Å². The lowest BCUT2D eigenvalue weighted by Crippen LogP contribution is -2.00. The van der Waals surface area contributed by atoms with Crippen LogP contribution in [0, 0.1) is 0 Å². The van der Waals surface area contributed by atoms with E-state index in [9.17, 15) is 0 Å². The molecule has 8 heterocycles. The normalized spacial score (nSPS) is 11.6. The second-order valence-corrected chi connectivity index (χ2v) is 28.1. The zero-order valence-corrected chi connectivity index (χ0v) is 60.4. The fourth-order valence-corrected chi connectivity index (χ4v) is 16.1. The molecule has 22 aromatic rings. The summed E-state index contributed by atoms with van der Waals surface area (Å²) in [6.07, 6.45) is 4.02. The van der Waals surface area contributed by atoms with E-state index in [4.69, 9.17) is 34.9 Å². The first-order valence-corrected chi connectivity index (χ1v) is 37.6. The van der Waals surface area contributed by atoms with E-state index in [2.05, 4.69) is 303 Å². The van der Waals surface area contributed by atoms with Gasteiger partial charge in [-0.05, 0) is 151 Å². The molecule has 0 saturated heterocycles. The van der Waals surface area contributed by atoms with E-state index >= 15 is 0 Å². The molecule has 0 aliphatic carbocycles. The highest BCUT2D eigenvalue weighted by molar-refractivity contribution is 6.14. The number of hydrogen-bond acceptors (Lipinski definition) is 7. The molecular weight excluding hydrogens is 1370 g/mol. The number of nitrogens with zero attached hydrogens (tertiary/aromatic N) is 11. The third kappa shape index (κ3) is 11.5. The average Bonchev–Trinajstić information content (AvgIpc) is 1.58. The van der Waals surface area contributed by atoms with Crippen molar-refractivity contribution in [2.45, 2.75) is 0 Å². The largest absolute Gasteiger partial charge is 0.309 e. The van der Waals surface area contributed by atoms with Crippen molar-refractivity contribution in [3.05, 3.63) is 395 Å². The minimum Gasteiger partial charge on any atom is -0.309 e. The molecular formula is C101H65N11. The van der Waals surface area contributed by atoms with Gasteiger partial charge >= 0.3 is 0 Å². The van der Waals surface area contributed by atoms with Gasteiger partial charge in [-0.1, -0.05) is 243 Å². The van der Waals surface area contributed by atoms with Gasteiger partial charge in [0.2, 0.25) is 0 Å². The Morgan fingerprint density at radius 1 is 0.161 bits per heavy atom. The molecule has 22 rings (SSSR count). The van der Waals surface area contributed by atoms with Crippen molar-refractivity contribution in [3.63, 3.8) is 0 Å². The van der Waals surface area contributed by atoms with Crippen LogP contribution in [-0.4, -0.2) is 53.2 Å². The standard InChI is InChI=1S/C51H33N5.C50H32N6/c1-4-14-34(15-5-1)45-32-46(35-16-6-2-7-17-35)54-50(53-45)36-24-27-40(28-25-36)56-48-23-13-11-21-42(48)44-31-38(33-52-51(44)56)37-26-29-49-43(30-37)41-20-10-12-22-47(41)55(49)39-18-8-3-9-19-39;1-4-14-33(15-5-1)47-52-48(34-16-6-2-7-17-34)54-49(53-47)35-24-27-39(28-25-35)56-45-23-13-11-21-41(45)43-31-37(32-51-50(43)56)36-26-29-46-42(30-36)40-20-10-12-22-44(40)55(46)38-18-8-3-9-19-38/h1-33H;1-32H. The predicted molar refractivity (Wildman–Crippen MR) is 458 cm³/mol. The Hall–Kier alpha value is -15.3. The van der Waals surface area contributed by atoms with Gasteiger partial charge in [-0.3, -0.25) is 9.13 Å². The lowest BCUT2D eigenvalue weighted by molar-refractivity contribution is 1.07. The average molecular weight is 1430 g/mol. The molecule has 8 aromatic heterocycles. The van der Waals surface area contributed by atoms with Crippen LogP contribution >= 0.6 is 0 Å². The van der Waals surface area contributed by atoms with E-state index in [0.717, 1.165) is 134 Å². The van der Waals surface area contributed by atoms with Crippen LogP contribution in [0.5, 0.6) is 0 Å². The van der Waals surface area contributed by atoms with Crippen LogP contribution in [-0.2, 0) is 0 Å². The van der Waals surface area contributed by atoms with Crippen LogP contribution in [0.4, 0.5) is 0 Å². The number of para-hydroxylation sites is 6. The van der Waals surface area contributed by atoms with Crippen molar-refractivity contribution < 1.29 is 0 Å². The summed E-state index contributed by atoms with van der Waals surface area (Å²) >= 11 is 0. The second kappa shape index (κ2) is 27.5. The van der Waals surface area contributed by atoms with Crippen LogP contribution in [0.15, 0.2) is 395 Å². The van der Waals surface area contributed by atoms with Crippen molar-refractivity contribution in [1.29, 1.82) is 0 Å². The summed E-state index contributed by atoms with van der Waals surface area (Å²) in [6.45, 7) is 0. The third-order valence-electron chi connectivity index (χ3n) is 21.4. The molecule has 524 valence electrons. The molecule has 0 atom stereocenters. The van der Waals surface area contributed by atoms with E-state index in [0.29, 0.717) is 23.3 Å². The number of benzene rings is 14. The molecule has 0 N–H and O–H groups in total. The van der Waals surface area contributed by atoms with E-state index in [1.807, 2.05) is 109 Å². The summed E-state index contributed by atoms with van der Waals surface area (Å²) in [5.74, 6) is 2.59. The smallest absolute Gasteiger partial charge is 0.164 e. The minimum absolute atomic E-state index is 0.623. The lowest BCUT2D eigenvalue weighted by Gasteiger charge is -2.11. The molecule has 0 bridgehead atoms. The van der Waals surface area contributed by atoms with Gasteiger partial charge in [0.15, 0.2) is 23.3 Å². The lowest BCUT2D eigenvalue weighted by atomic mass is 10.0. The van der Waals surface area contributed by atoms with Gasteiger partial charge in [-0.25, -0.2) is 34.9 Å². The van der Waals surface area contributed by atoms with Gasteiger partial charge in [0.05, 0.1) is 44.5 Å². The van der Waals surface area contributed by atoms with Crippen molar-refractivity contribution in [2.24, 2.45) is 0 Å². The van der Waals surface area contributed by atoms with Crippen LogP contribution in [0.25, 0.3) is 201 Å². The zero-order chi connectivity index (χ0) is 74.0. The molecule has 0 radical (unpaired) electrons. The monoisotopic (exact) mass is 1430 g/mol. The third-order valence-corrected chi connectivity index (χ3v) is 21.4. The quantitative estimate of drug-likeness (QED) is 0.120. The summed E-state index contributed by atoms with van der Waals surface area (Å²) < 4.78 is 9.20. The molecule has 0 aliphatic heterocycles. The van der Waals surface area contributed by atoms with Gasteiger partial charge in [0.25, 0.3) is 0 Å². The summed E-state index contributed by atoms with van der Waals surface area (Å²) in [7, 11) is 0. The fourth-order valence-electron chi connectivity index (χ4n) is 16.1. The van der Waals surface area contributed by atoms with Crippen LogP contribution in [0.2, 0.25) is 0 Å². The molecule has 0 fully saturated rings. The molecule has 0 spiro atoms. The Morgan fingerprint density at radius 3 is 0.786 bits per heavy atom. The van der Waals surface area contributed by atoms with E-state index in [1.165, 1.54) is 43.6 Å². The number of pyridine rings is 2. The molecule has 11 heteroatoms. The number of aromatic nitrogens is 11. The maximum atomic E-state index is 5.17. The van der Waals surface area contributed by atoms with Gasteiger partial charge < -0.3 is 9.13 Å². The maximum Gasteiger partial charge on any atom is 0.164 e. The molecule has 11 nitrogen and oxygen atoms in total. The van der Waals surface area contributed by atoms with Gasteiger partial charge in [-0.15, -0.1) is 0 Å². The SMILES string of the molecule is c1ccc(-c2cc(-c3ccccc3)nc(-c3ccc(-n4c5ccccc5c5cc(-c6ccc7c(c6)c6ccccc6n7-c6ccccc6)cnc54)cc3)n2)cc1.c1ccc(-c2nc(-c3ccccc3)nc(-c3ccc(-n4c5ccccc5c5cc(-c6ccc7c(c6)c6ccccc6n7-c6ccccc6)cnc54)cc3)n2)cc1.